The van der Waals surface area contributed by atoms with Crippen LogP contribution in [-0.4, -0.2) is 17.8 Å². The summed E-state index contributed by atoms with van der Waals surface area (Å²) in [6.07, 6.45) is 4.86. The van der Waals surface area contributed by atoms with Gasteiger partial charge in [-0.15, -0.1) is 0 Å². The second-order valence-electron chi connectivity index (χ2n) is 15.0. The van der Waals surface area contributed by atoms with Crippen molar-refractivity contribution in [2.24, 2.45) is 15.9 Å². The van der Waals surface area contributed by atoms with Gasteiger partial charge in [0.2, 0.25) is 0 Å². The molecule has 1 aromatic heterocycles. The second-order valence-corrected chi connectivity index (χ2v) is 15.0. The van der Waals surface area contributed by atoms with Crippen molar-refractivity contribution in [1.82, 2.24) is 5.32 Å². The smallest absolute Gasteiger partial charge is 0.151 e. The van der Waals surface area contributed by atoms with Gasteiger partial charge in [-0.25, -0.2) is 9.98 Å². The number of benzene rings is 8. The van der Waals surface area contributed by atoms with Crippen LogP contribution in [0.15, 0.2) is 202 Å². The standard InChI is InChI=1S/C53H37N3O/c1-3-10-34(11-4-1)38-16-9-17-44(30-38)51-54-52(45-23-22-40-29-39(20-21-42(40)31-45)35-12-5-2-6-13-35)56-53(55-51)46-24-26-47-48-32-43(25-27-49(48)57-50(47)33-46)41-19-18-36-14-7-8-15-37(36)28-41/h1-32,46,53H,33H2,(H,54,55,56). The molecule has 2 unspecified atom stereocenters. The van der Waals surface area contributed by atoms with Gasteiger partial charge >= 0.3 is 0 Å². The van der Waals surface area contributed by atoms with E-state index in [1.165, 1.54) is 44.0 Å². The van der Waals surface area contributed by atoms with Gasteiger partial charge in [-0.1, -0.05) is 158 Å². The first-order valence-electron chi connectivity index (χ1n) is 19.6. The monoisotopic (exact) mass is 731 g/mol. The molecule has 0 bridgehead atoms. The highest BCUT2D eigenvalue weighted by Crippen LogP contribution is 2.38. The molecular formula is C53H37N3O. The maximum Gasteiger partial charge on any atom is 0.151 e. The first kappa shape index (κ1) is 33.1. The predicted octanol–water partition coefficient (Wildman–Crippen LogP) is 12.7. The third-order valence-corrected chi connectivity index (χ3v) is 11.4. The molecule has 1 aliphatic carbocycles. The quantitative estimate of drug-likeness (QED) is 0.185. The number of fused-ring (bicyclic) bond motifs is 5. The van der Waals surface area contributed by atoms with E-state index < -0.39 is 0 Å². The number of furan rings is 1. The summed E-state index contributed by atoms with van der Waals surface area (Å²) in [5, 5.41) is 9.63. The fourth-order valence-corrected chi connectivity index (χ4v) is 8.39. The van der Waals surface area contributed by atoms with E-state index in [2.05, 4.69) is 199 Å². The zero-order chi connectivity index (χ0) is 37.7. The number of amidine groups is 2. The van der Waals surface area contributed by atoms with Crippen LogP contribution in [0.1, 0.15) is 22.5 Å². The van der Waals surface area contributed by atoms with E-state index in [0.717, 1.165) is 56.0 Å². The molecule has 2 heterocycles. The molecule has 1 aliphatic heterocycles. The maximum atomic E-state index is 6.59. The molecule has 8 aromatic carbocycles. The number of aliphatic imine (C=N–C) groups is 2. The summed E-state index contributed by atoms with van der Waals surface area (Å²) in [6, 6.07) is 64.6. The van der Waals surface area contributed by atoms with Crippen molar-refractivity contribution in [2.75, 3.05) is 0 Å². The minimum atomic E-state index is -0.349. The Kier molecular flexibility index (Phi) is 7.99. The molecule has 11 rings (SSSR count). The molecule has 2 atom stereocenters. The van der Waals surface area contributed by atoms with Gasteiger partial charge in [0.25, 0.3) is 0 Å². The summed E-state index contributed by atoms with van der Waals surface area (Å²) in [5.41, 5.74) is 11.2. The Bertz CT molecular complexity index is 3080. The van der Waals surface area contributed by atoms with Crippen molar-refractivity contribution in [3.63, 3.8) is 0 Å². The van der Waals surface area contributed by atoms with Crippen LogP contribution in [0.25, 0.3) is 72.0 Å². The Hall–Kier alpha value is -7.30. The van der Waals surface area contributed by atoms with Gasteiger partial charge in [0.15, 0.2) is 6.17 Å². The molecule has 0 saturated carbocycles. The topological polar surface area (TPSA) is 49.9 Å². The molecular weight excluding hydrogens is 695 g/mol. The molecule has 0 fully saturated rings. The summed E-state index contributed by atoms with van der Waals surface area (Å²) in [7, 11) is 0. The molecule has 2 aliphatic rings. The number of nitrogens with zero attached hydrogens (tertiary/aromatic N) is 2. The summed E-state index contributed by atoms with van der Waals surface area (Å²) in [5.74, 6) is 2.61. The van der Waals surface area contributed by atoms with E-state index in [4.69, 9.17) is 14.4 Å². The Morgan fingerprint density at radius 1 is 0.439 bits per heavy atom. The lowest BCUT2D eigenvalue weighted by molar-refractivity contribution is 0.449. The fraction of sp³-hybridized carbons (Fsp3) is 0.0566. The average molecular weight is 732 g/mol. The molecule has 57 heavy (non-hydrogen) atoms. The van der Waals surface area contributed by atoms with Crippen LogP contribution in [0.4, 0.5) is 0 Å². The summed E-state index contributed by atoms with van der Waals surface area (Å²) >= 11 is 0. The van der Waals surface area contributed by atoms with Gasteiger partial charge in [0, 0.05) is 34.4 Å². The zero-order valence-electron chi connectivity index (χ0n) is 31.1. The van der Waals surface area contributed by atoms with E-state index in [1.54, 1.807) is 0 Å². The normalized spacial score (nSPS) is 16.3. The molecule has 0 saturated heterocycles. The van der Waals surface area contributed by atoms with Crippen LogP contribution in [0.2, 0.25) is 0 Å². The van der Waals surface area contributed by atoms with Gasteiger partial charge in [-0.05, 0) is 91.3 Å². The van der Waals surface area contributed by atoms with Crippen molar-refractivity contribution in [1.29, 1.82) is 0 Å². The molecule has 1 N–H and O–H groups in total. The number of hydrogen-bond acceptors (Lipinski definition) is 4. The molecule has 270 valence electrons. The highest BCUT2D eigenvalue weighted by Gasteiger charge is 2.30. The minimum absolute atomic E-state index is 0.0105. The Morgan fingerprint density at radius 2 is 0.947 bits per heavy atom. The largest absolute Gasteiger partial charge is 0.460 e. The summed E-state index contributed by atoms with van der Waals surface area (Å²) in [4.78, 5) is 10.7. The van der Waals surface area contributed by atoms with Crippen molar-refractivity contribution < 1.29 is 4.42 Å². The molecule has 0 amide bonds. The van der Waals surface area contributed by atoms with Gasteiger partial charge < -0.3 is 9.73 Å². The van der Waals surface area contributed by atoms with Gasteiger partial charge in [0.05, 0.1) is 0 Å². The predicted molar refractivity (Wildman–Crippen MR) is 237 cm³/mol. The lowest BCUT2D eigenvalue weighted by atomic mass is 9.90. The minimum Gasteiger partial charge on any atom is -0.460 e. The lowest BCUT2D eigenvalue weighted by Gasteiger charge is -2.27. The van der Waals surface area contributed by atoms with Crippen LogP contribution >= 0.6 is 0 Å². The SMILES string of the molecule is C1=CC(C2N=C(c3cccc(-c4ccccc4)c3)NC(c3ccc4cc(-c5ccccc5)ccc4c3)=N2)Cc2oc3ccc(-c4ccc5ccccc5c4)cc3c21. The van der Waals surface area contributed by atoms with Crippen LogP contribution in [-0.2, 0) is 6.42 Å². The Labute approximate surface area is 331 Å². The molecule has 4 heteroatoms. The number of hydrogen-bond donors (Lipinski definition) is 1. The molecule has 4 nitrogen and oxygen atoms in total. The van der Waals surface area contributed by atoms with E-state index in [-0.39, 0.29) is 12.1 Å². The Morgan fingerprint density at radius 3 is 1.68 bits per heavy atom. The van der Waals surface area contributed by atoms with Crippen molar-refractivity contribution in [3.05, 3.63) is 211 Å². The number of nitrogens with one attached hydrogen (secondary N) is 1. The van der Waals surface area contributed by atoms with Crippen molar-refractivity contribution in [3.8, 4) is 33.4 Å². The first-order valence-corrected chi connectivity index (χ1v) is 19.6. The van der Waals surface area contributed by atoms with Crippen molar-refractivity contribution >= 4 is 50.3 Å². The Balaban J connectivity index is 0.953. The third-order valence-electron chi connectivity index (χ3n) is 11.4. The first-order chi connectivity index (χ1) is 28.2. The van der Waals surface area contributed by atoms with E-state index >= 15 is 0 Å². The average Bonchev–Trinajstić information content (AvgIpc) is 3.66. The third kappa shape index (κ3) is 6.22. The van der Waals surface area contributed by atoms with Gasteiger partial charge in [-0.3, -0.25) is 0 Å². The molecule has 0 spiro atoms. The fourth-order valence-electron chi connectivity index (χ4n) is 8.39. The second kappa shape index (κ2) is 13.8. The van der Waals surface area contributed by atoms with Crippen LogP contribution in [0, 0.1) is 5.92 Å². The highest BCUT2D eigenvalue weighted by molar-refractivity contribution is 6.17. The summed E-state index contributed by atoms with van der Waals surface area (Å²) < 4.78 is 6.59. The van der Waals surface area contributed by atoms with Gasteiger partial charge in [-0.2, -0.15) is 0 Å². The zero-order valence-corrected chi connectivity index (χ0v) is 31.1. The van der Waals surface area contributed by atoms with Crippen molar-refractivity contribution in [2.45, 2.75) is 12.6 Å². The van der Waals surface area contributed by atoms with E-state index in [1.807, 2.05) is 0 Å². The van der Waals surface area contributed by atoms with Gasteiger partial charge in [0.1, 0.15) is 23.0 Å². The highest BCUT2D eigenvalue weighted by atomic mass is 16.3. The maximum absolute atomic E-state index is 6.59. The molecule has 9 aromatic rings. The van der Waals surface area contributed by atoms with Crippen LogP contribution < -0.4 is 5.32 Å². The summed E-state index contributed by atoms with van der Waals surface area (Å²) in [6.45, 7) is 0. The lowest BCUT2D eigenvalue weighted by Crippen LogP contribution is -2.39. The van der Waals surface area contributed by atoms with Crippen LogP contribution in [0.5, 0.6) is 0 Å². The van der Waals surface area contributed by atoms with Crippen LogP contribution in [0.3, 0.4) is 0 Å². The number of rotatable bonds is 6. The molecule has 0 radical (unpaired) electrons. The van der Waals surface area contributed by atoms with E-state index in [9.17, 15) is 0 Å². The van der Waals surface area contributed by atoms with E-state index in [0.29, 0.717) is 6.42 Å².